The number of nitrogens with zero attached hydrogens (tertiary/aromatic N) is 3. The number of nitrogens with one attached hydrogen (secondary N) is 1. The van der Waals surface area contributed by atoms with Crippen LogP contribution in [0.4, 0.5) is 5.95 Å². The van der Waals surface area contributed by atoms with Crippen molar-refractivity contribution in [2.24, 2.45) is 0 Å². The Kier molecular flexibility index (Phi) is 7.69. The lowest BCUT2D eigenvalue weighted by Crippen LogP contribution is -2.38. The van der Waals surface area contributed by atoms with Crippen LogP contribution in [0.5, 0.6) is 0 Å². The van der Waals surface area contributed by atoms with Crippen molar-refractivity contribution in [3.63, 3.8) is 0 Å². The van der Waals surface area contributed by atoms with Gasteiger partial charge in [0, 0.05) is 29.0 Å². The smallest absolute Gasteiger partial charge is 0.243 e. The highest BCUT2D eigenvalue weighted by molar-refractivity contribution is 7.89. The highest BCUT2D eigenvalue weighted by atomic mass is 35.5. The molecule has 184 valence electrons. The predicted octanol–water partition coefficient (Wildman–Crippen LogP) is 5.32. The number of sulfonamides is 1. The number of carbonyl (C=O) groups excluding carboxylic acids is 1. The fraction of sp³-hybridized carbons (Fsp3) is 0.111. The molecular weight excluding hydrogens is 496 g/mol. The molecule has 0 aliphatic heterocycles. The van der Waals surface area contributed by atoms with E-state index in [9.17, 15) is 13.2 Å². The Bertz CT molecular complexity index is 1480. The highest BCUT2D eigenvalue weighted by Crippen LogP contribution is 2.25. The average Bonchev–Trinajstić information content (AvgIpc) is 3.28. The second kappa shape index (κ2) is 10.9. The number of benzene rings is 3. The monoisotopic (exact) mass is 520 g/mol. The van der Waals surface area contributed by atoms with Gasteiger partial charge in [0.2, 0.25) is 21.9 Å². The minimum absolute atomic E-state index is 0.0363. The fourth-order valence-electron chi connectivity index (χ4n) is 3.66. The summed E-state index contributed by atoms with van der Waals surface area (Å²) in [4.78, 5) is 17.8. The summed E-state index contributed by atoms with van der Waals surface area (Å²) >= 11 is 5.90. The van der Waals surface area contributed by atoms with Gasteiger partial charge in [-0.1, -0.05) is 60.1 Å². The standard InChI is InChI=1S/C27H25ClN4O3S/c1-3-16-31(36(34,35)24-14-12-22(28)13-15-24)19-26(33)30-27-29-25(21-9-5-4-6-10-21)18-32(27)23-11-7-8-20(2)17-23/h3-15,17-18H,1,16,19H2,2H3,(H,29,30,33). The van der Waals surface area contributed by atoms with E-state index in [0.717, 1.165) is 21.1 Å². The first-order chi connectivity index (χ1) is 17.3. The third-order valence-electron chi connectivity index (χ3n) is 5.41. The highest BCUT2D eigenvalue weighted by Gasteiger charge is 2.26. The molecule has 1 N–H and O–H groups in total. The summed E-state index contributed by atoms with van der Waals surface area (Å²) in [6, 6.07) is 23.2. The maximum absolute atomic E-state index is 13.2. The number of amides is 1. The zero-order valence-electron chi connectivity index (χ0n) is 19.6. The van der Waals surface area contributed by atoms with Gasteiger partial charge in [-0.25, -0.2) is 13.4 Å². The number of anilines is 1. The Morgan fingerprint density at radius 3 is 2.47 bits per heavy atom. The number of imidazole rings is 1. The van der Waals surface area contributed by atoms with Gasteiger partial charge >= 0.3 is 0 Å². The Morgan fingerprint density at radius 2 is 1.81 bits per heavy atom. The van der Waals surface area contributed by atoms with Crippen molar-refractivity contribution in [3.05, 3.63) is 108 Å². The molecule has 0 atom stereocenters. The summed E-state index contributed by atoms with van der Waals surface area (Å²) in [5.41, 5.74) is 3.42. The van der Waals surface area contributed by atoms with Crippen LogP contribution >= 0.6 is 11.6 Å². The van der Waals surface area contributed by atoms with Gasteiger partial charge in [0.25, 0.3) is 0 Å². The molecule has 4 rings (SSSR count). The topological polar surface area (TPSA) is 84.3 Å². The molecule has 1 aromatic heterocycles. The molecule has 4 aromatic rings. The minimum atomic E-state index is -3.96. The second-order valence-electron chi connectivity index (χ2n) is 8.11. The molecule has 0 fully saturated rings. The molecule has 0 saturated carbocycles. The molecule has 0 aliphatic rings. The number of rotatable bonds is 9. The SMILES string of the molecule is C=CCN(CC(=O)Nc1nc(-c2ccccc2)cn1-c1cccc(C)c1)S(=O)(=O)c1ccc(Cl)cc1. The van der Waals surface area contributed by atoms with E-state index in [1.165, 1.54) is 30.3 Å². The van der Waals surface area contributed by atoms with Crippen LogP contribution in [0.25, 0.3) is 16.9 Å². The van der Waals surface area contributed by atoms with E-state index in [1.54, 1.807) is 4.57 Å². The second-order valence-corrected chi connectivity index (χ2v) is 10.5. The van der Waals surface area contributed by atoms with Gasteiger partial charge in [-0.3, -0.25) is 14.7 Å². The van der Waals surface area contributed by atoms with Crippen molar-refractivity contribution in [3.8, 4) is 16.9 Å². The van der Waals surface area contributed by atoms with Crippen molar-refractivity contribution in [2.45, 2.75) is 11.8 Å². The number of aryl methyl sites for hydroxylation is 1. The number of aromatic nitrogens is 2. The number of hydrogen-bond donors (Lipinski definition) is 1. The van der Waals surface area contributed by atoms with E-state index >= 15 is 0 Å². The lowest BCUT2D eigenvalue weighted by Gasteiger charge is -2.20. The van der Waals surface area contributed by atoms with Crippen molar-refractivity contribution >= 4 is 33.5 Å². The number of carbonyl (C=O) groups is 1. The summed E-state index contributed by atoms with van der Waals surface area (Å²) in [6.45, 7) is 5.15. The maximum Gasteiger partial charge on any atom is 0.243 e. The number of halogens is 1. The third-order valence-corrected chi connectivity index (χ3v) is 7.49. The molecule has 0 radical (unpaired) electrons. The molecule has 0 bridgehead atoms. The lowest BCUT2D eigenvalue weighted by atomic mass is 10.2. The van der Waals surface area contributed by atoms with Gasteiger partial charge in [-0.05, 0) is 48.9 Å². The maximum atomic E-state index is 13.2. The Labute approximate surface area is 215 Å². The first-order valence-electron chi connectivity index (χ1n) is 11.2. The average molecular weight is 521 g/mol. The van der Waals surface area contributed by atoms with Gasteiger partial charge in [-0.15, -0.1) is 6.58 Å². The summed E-state index contributed by atoms with van der Waals surface area (Å²) in [5.74, 6) is -0.250. The normalized spacial score (nSPS) is 11.4. The van der Waals surface area contributed by atoms with Crippen molar-refractivity contribution < 1.29 is 13.2 Å². The van der Waals surface area contributed by atoms with Crippen molar-refractivity contribution in [2.75, 3.05) is 18.4 Å². The zero-order valence-corrected chi connectivity index (χ0v) is 21.2. The van der Waals surface area contributed by atoms with E-state index in [2.05, 4.69) is 16.9 Å². The van der Waals surface area contributed by atoms with Crippen LogP contribution in [0.15, 0.2) is 103 Å². The first-order valence-corrected chi connectivity index (χ1v) is 13.0. The summed E-state index contributed by atoms with van der Waals surface area (Å²) < 4.78 is 29.2. The van der Waals surface area contributed by atoms with Gasteiger partial charge < -0.3 is 0 Å². The van der Waals surface area contributed by atoms with Crippen LogP contribution < -0.4 is 5.32 Å². The van der Waals surface area contributed by atoms with Crippen LogP contribution in [-0.4, -0.2) is 41.3 Å². The van der Waals surface area contributed by atoms with E-state index < -0.39 is 22.5 Å². The molecule has 3 aromatic carbocycles. The third kappa shape index (κ3) is 5.73. The van der Waals surface area contributed by atoms with E-state index in [0.29, 0.717) is 10.7 Å². The first kappa shape index (κ1) is 25.4. The Hall–Kier alpha value is -3.72. The summed E-state index contributed by atoms with van der Waals surface area (Å²) in [7, 11) is -3.96. The van der Waals surface area contributed by atoms with Gasteiger partial charge in [0.1, 0.15) is 0 Å². The molecule has 36 heavy (non-hydrogen) atoms. The van der Waals surface area contributed by atoms with Crippen LogP contribution in [0.1, 0.15) is 5.56 Å². The summed E-state index contributed by atoms with van der Waals surface area (Å²) in [6.07, 6.45) is 3.27. The predicted molar refractivity (Wildman–Crippen MR) is 143 cm³/mol. The van der Waals surface area contributed by atoms with Crippen molar-refractivity contribution in [1.82, 2.24) is 13.9 Å². The fourth-order valence-corrected chi connectivity index (χ4v) is 5.16. The number of hydrogen-bond acceptors (Lipinski definition) is 4. The molecule has 1 heterocycles. The van der Waals surface area contributed by atoms with Gasteiger partial charge in [0.05, 0.1) is 17.1 Å². The molecule has 0 saturated heterocycles. The lowest BCUT2D eigenvalue weighted by molar-refractivity contribution is -0.116. The van der Waals surface area contributed by atoms with E-state index in [-0.39, 0.29) is 17.4 Å². The van der Waals surface area contributed by atoms with Crippen LogP contribution in [0, 0.1) is 6.92 Å². The summed E-state index contributed by atoms with van der Waals surface area (Å²) in [5, 5.41) is 3.21. The largest absolute Gasteiger partial charge is 0.294 e. The van der Waals surface area contributed by atoms with Crippen LogP contribution in [0.3, 0.4) is 0 Å². The zero-order chi connectivity index (χ0) is 25.7. The molecule has 1 amide bonds. The molecule has 7 nitrogen and oxygen atoms in total. The van der Waals surface area contributed by atoms with Crippen LogP contribution in [0.2, 0.25) is 5.02 Å². The molecule has 0 unspecified atom stereocenters. The minimum Gasteiger partial charge on any atom is -0.294 e. The quantitative estimate of drug-likeness (QED) is 0.303. The molecule has 9 heteroatoms. The Balaban J connectivity index is 1.64. The van der Waals surface area contributed by atoms with E-state index in [4.69, 9.17) is 11.6 Å². The van der Waals surface area contributed by atoms with Gasteiger partial charge in [0.15, 0.2) is 0 Å². The van der Waals surface area contributed by atoms with E-state index in [1.807, 2.05) is 67.7 Å². The van der Waals surface area contributed by atoms with Gasteiger partial charge in [-0.2, -0.15) is 4.31 Å². The molecule has 0 spiro atoms. The molecule has 0 aliphatic carbocycles. The van der Waals surface area contributed by atoms with Crippen molar-refractivity contribution in [1.29, 1.82) is 0 Å². The van der Waals surface area contributed by atoms with Crippen LogP contribution in [-0.2, 0) is 14.8 Å². The Morgan fingerprint density at radius 1 is 1.08 bits per heavy atom. The molecular formula is C27H25ClN4O3S.